The minimum Gasteiger partial charge on any atom is -0.301 e. The normalized spacial score (nSPS) is 19.8. The summed E-state index contributed by atoms with van der Waals surface area (Å²) in [6, 6.07) is 5.25. The molecule has 1 unspecified atom stereocenters. The van der Waals surface area contributed by atoms with Gasteiger partial charge in [0.05, 0.1) is 17.5 Å². The van der Waals surface area contributed by atoms with Crippen molar-refractivity contribution in [1.29, 1.82) is 0 Å². The van der Waals surface area contributed by atoms with Gasteiger partial charge in [0.1, 0.15) is 0 Å². The van der Waals surface area contributed by atoms with Gasteiger partial charge < -0.3 is 21.3 Å². The Balaban J connectivity index is 2.36. The molecule has 0 bridgehead atoms. The molecule has 2 aliphatic rings. The van der Waals surface area contributed by atoms with E-state index in [2.05, 4.69) is 126 Å². The summed E-state index contributed by atoms with van der Waals surface area (Å²) in [5.41, 5.74) is 6.15. The molecule has 4 N–H and O–H groups in total. The smallest absolute Gasteiger partial charge is 0.0735 e. The van der Waals surface area contributed by atoms with Gasteiger partial charge in [0.2, 0.25) is 0 Å². The molecule has 2 saturated heterocycles. The molecule has 0 saturated carbocycles. The molecular formula is C32H60N4P2. The third kappa shape index (κ3) is 7.21. The molecule has 0 amide bonds. The molecule has 0 spiro atoms. The van der Waals surface area contributed by atoms with Gasteiger partial charge in [0, 0.05) is 0 Å². The van der Waals surface area contributed by atoms with Gasteiger partial charge in [-0.25, -0.2) is 0 Å². The lowest BCUT2D eigenvalue weighted by Gasteiger charge is -2.50. The maximum Gasteiger partial charge on any atom is 0.0735 e. The van der Waals surface area contributed by atoms with E-state index in [9.17, 15) is 0 Å². The quantitative estimate of drug-likeness (QED) is 0.300. The van der Waals surface area contributed by atoms with E-state index in [0.717, 1.165) is 32.3 Å². The maximum absolute atomic E-state index is 3.89. The predicted molar refractivity (Wildman–Crippen MR) is 174 cm³/mol. The van der Waals surface area contributed by atoms with Gasteiger partial charge in [-0.05, 0) is 88.6 Å². The van der Waals surface area contributed by atoms with Gasteiger partial charge in [-0.3, -0.25) is 0 Å². The summed E-state index contributed by atoms with van der Waals surface area (Å²) in [5.74, 6) is 0. The van der Waals surface area contributed by atoms with Crippen LogP contribution in [0.5, 0.6) is 0 Å². The van der Waals surface area contributed by atoms with Crippen LogP contribution in [-0.4, -0.2) is 48.8 Å². The van der Waals surface area contributed by atoms with Crippen molar-refractivity contribution >= 4 is 17.2 Å². The number of hydrogen-bond acceptors (Lipinski definition) is 4. The van der Waals surface area contributed by atoms with Crippen molar-refractivity contribution in [3.63, 3.8) is 0 Å². The second kappa shape index (κ2) is 11.7. The Hall–Kier alpha value is -0.0800. The van der Waals surface area contributed by atoms with Crippen molar-refractivity contribution in [2.24, 2.45) is 0 Å². The monoisotopic (exact) mass is 562 g/mol. The van der Waals surface area contributed by atoms with E-state index < -0.39 is 0 Å². The first-order chi connectivity index (χ1) is 17.3. The molecule has 0 aliphatic carbocycles. The zero-order valence-electron chi connectivity index (χ0n) is 26.8. The van der Waals surface area contributed by atoms with Gasteiger partial charge in [0.25, 0.3) is 0 Å². The molecule has 3 rings (SSSR count). The highest BCUT2D eigenvalue weighted by Crippen LogP contribution is 2.62. The fourth-order valence-electron chi connectivity index (χ4n) is 6.53. The summed E-state index contributed by atoms with van der Waals surface area (Å²) in [4.78, 5) is 0. The van der Waals surface area contributed by atoms with Crippen LogP contribution in [0, 0.1) is 0 Å². The molecule has 0 aromatic heterocycles. The van der Waals surface area contributed by atoms with E-state index in [-0.39, 0.29) is 46.6 Å². The van der Waals surface area contributed by atoms with Gasteiger partial charge in [-0.2, -0.15) is 0 Å². The summed E-state index contributed by atoms with van der Waals surface area (Å²) in [6.07, 6.45) is 3.83. The van der Waals surface area contributed by atoms with Crippen molar-refractivity contribution in [3.8, 4) is 0 Å². The fourth-order valence-corrected chi connectivity index (χ4v) is 10.8. The molecular weight excluding hydrogens is 502 g/mol. The van der Waals surface area contributed by atoms with E-state index in [1.54, 1.807) is 0 Å². The first-order valence-electron chi connectivity index (χ1n) is 15.0. The SMILES string of the molecule is CC(C)(C)c1cc(CP(C(C)(C)C)C(C)(C)C)c(C(P)(C2NCCCN2)C2NCCCN2)cc1C(C)(C)C. The Morgan fingerprint density at radius 1 is 0.632 bits per heavy atom. The molecule has 1 atom stereocenters. The van der Waals surface area contributed by atoms with Crippen molar-refractivity contribution in [1.82, 2.24) is 21.3 Å². The van der Waals surface area contributed by atoms with Crippen LogP contribution in [0.15, 0.2) is 12.1 Å². The number of benzene rings is 1. The largest absolute Gasteiger partial charge is 0.301 e. The van der Waals surface area contributed by atoms with Gasteiger partial charge in [-0.1, -0.05) is 103 Å². The number of hydrogen-bond donors (Lipinski definition) is 4. The van der Waals surface area contributed by atoms with Crippen LogP contribution in [-0.2, 0) is 22.1 Å². The minimum absolute atomic E-state index is 0.0566. The molecule has 6 heteroatoms. The molecule has 38 heavy (non-hydrogen) atoms. The lowest BCUT2D eigenvalue weighted by atomic mass is 9.72. The lowest BCUT2D eigenvalue weighted by Crippen LogP contribution is -2.69. The average molecular weight is 563 g/mol. The first kappa shape index (κ1) is 32.4. The number of rotatable bonds is 5. The van der Waals surface area contributed by atoms with E-state index in [1.165, 1.54) is 35.1 Å². The van der Waals surface area contributed by atoms with Crippen LogP contribution in [0.4, 0.5) is 0 Å². The summed E-state index contributed by atoms with van der Waals surface area (Å²) in [5, 5.41) is 15.9. The summed E-state index contributed by atoms with van der Waals surface area (Å²) in [7, 11) is 3.10. The van der Waals surface area contributed by atoms with Crippen molar-refractivity contribution < 1.29 is 0 Å². The topological polar surface area (TPSA) is 48.1 Å². The molecule has 0 radical (unpaired) electrons. The third-order valence-corrected chi connectivity index (χ3v) is 13.2. The molecule has 2 heterocycles. The average Bonchev–Trinajstić information content (AvgIpc) is 2.80. The standard InChI is InChI=1S/C32H60N4P2/c1-28(2,3)24-19-22(21-38(30(7,8)9)31(10,11)12)23(20-25(24)29(4,5)6)32(37,26-33-15-13-16-34-26)27-35-17-14-18-36-27/h19-20,26-27,33-36H,13-18,21,37H2,1-12H3. The van der Waals surface area contributed by atoms with Crippen LogP contribution in [0.2, 0.25) is 0 Å². The van der Waals surface area contributed by atoms with Gasteiger partial charge in [0.15, 0.2) is 0 Å². The maximum atomic E-state index is 3.89. The zero-order valence-corrected chi connectivity index (χ0v) is 28.8. The molecule has 2 aliphatic heterocycles. The Kier molecular flexibility index (Phi) is 9.95. The van der Waals surface area contributed by atoms with Crippen LogP contribution >= 0.6 is 17.2 Å². The van der Waals surface area contributed by atoms with Crippen molar-refractivity contribution in [3.05, 3.63) is 34.4 Å². The minimum atomic E-state index is -0.294. The highest BCUT2D eigenvalue weighted by Gasteiger charge is 2.47. The van der Waals surface area contributed by atoms with Crippen LogP contribution in [0.3, 0.4) is 0 Å². The van der Waals surface area contributed by atoms with E-state index in [1.807, 2.05) is 0 Å². The Bertz CT molecular complexity index is 902. The Morgan fingerprint density at radius 3 is 1.34 bits per heavy atom. The molecule has 218 valence electrons. The lowest BCUT2D eigenvalue weighted by molar-refractivity contribution is 0.205. The van der Waals surface area contributed by atoms with E-state index in [4.69, 9.17) is 0 Å². The van der Waals surface area contributed by atoms with Gasteiger partial charge >= 0.3 is 0 Å². The summed E-state index contributed by atoms with van der Waals surface area (Å²) < 4.78 is 0. The molecule has 4 nitrogen and oxygen atoms in total. The Labute approximate surface area is 239 Å². The summed E-state index contributed by atoms with van der Waals surface area (Å²) >= 11 is 0. The first-order valence-corrected chi connectivity index (χ1v) is 17.1. The zero-order chi connectivity index (χ0) is 28.7. The molecule has 1 aromatic carbocycles. The highest BCUT2D eigenvalue weighted by molar-refractivity contribution is 7.60. The van der Waals surface area contributed by atoms with Crippen LogP contribution < -0.4 is 21.3 Å². The predicted octanol–water partition coefficient (Wildman–Crippen LogP) is 6.75. The summed E-state index contributed by atoms with van der Waals surface area (Å²) in [6.45, 7) is 33.3. The highest BCUT2D eigenvalue weighted by atomic mass is 31.1. The van der Waals surface area contributed by atoms with E-state index in [0.29, 0.717) is 0 Å². The van der Waals surface area contributed by atoms with Crippen LogP contribution in [0.1, 0.15) is 118 Å². The van der Waals surface area contributed by atoms with Gasteiger partial charge in [-0.15, -0.1) is 9.24 Å². The van der Waals surface area contributed by atoms with E-state index >= 15 is 0 Å². The Morgan fingerprint density at radius 2 is 1.00 bits per heavy atom. The number of nitrogens with one attached hydrogen (secondary N) is 4. The van der Waals surface area contributed by atoms with Crippen molar-refractivity contribution in [2.75, 3.05) is 26.2 Å². The fraction of sp³-hybridized carbons (Fsp3) is 0.812. The third-order valence-electron chi connectivity index (χ3n) is 8.33. The molecule has 2 fully saturated rings. The molecule has 1 aromatic rings. The van der Waals surface area contributed by atoms with Crippen molar-refractivity contribution in [2.45, 2.75) is 141 Å². The second-order valence-corrected chi connectivity index (χ2v) is 20.6. The second-order valence-electron chi connectivity index (χ2n) is 15.8. The van der Waals surface area contributed by atoms with Crippen LogP contribution in [0.25, 0.3) is 0 Å².